The van der Waals surface area contributed by atoms with Crippen molar-refractivity contribution in [3.8, 4) is 0 Å². The molecule has 1 N–H and O–H groups in total. The van der Waals surface area contributed by atoms with E-state index in [9.17, 15) is 8.42 Å². The highest BCUT2D eigenvalue weighted by Crippen LogP contribution is 2.14. The van der Waals surface area contributed by atoms with Gasteiger partial charge in [0, 0.05) is 10.2 Å². The summed E-state index contributed by atoms with van der Waals surface area (Å²) in [6.45, 7) is 3.48. The smallest absolute Gasteiger partial charge is 0.261 e. The molecule has 0 saturated heterocycles. The van der Waals surface area contributed by atoms with Gasteiger partial charge in [-0.2, -0.15) is 0 Å². The van der Waals surface area contributed by atoms with Gasteiger partial charge in [0.15, 0.2) is 0 Å². The fourth-order valence-corrected chi connectivity index (χ4v) is 2.36. The first-order valence-electron chi connectivity index (χ1n) is 4.37. The second kappa shape index (κ2) is 4.81. The molecule has 0 unspecified atom stereocenters. The van der Waals surface area contributed by atoms with Crippen LogP contribution in [0.5, 0.6) is 0 Å². The summed E-state index contributed by atoms with van der Waals surface area (Å²) in [5.74, 6) is 0. The summed E-state index contributed by atoms with van der Waals surface area (Å²) in [7, 11) is -3.43. The minimum Gasteiger partial charge on any atom is -0.284 e. The van der Waals surface area contributed by atoms with Crippen LogP contribution in [0.25, 0.3) is 0 Å². The van der Waals surface area contributed by atoms with Gasteiger partial charge in [-0.25, -0.2) is 8.42 Å². The van der Waals surface area contributed by atoms with Gasteiger partial charge in [0.1, 0.15) is 0 Å². The van der Waals surface area contributed by atoms with E-state index in [-0.39, 0.29) is 4.90 Å². The number of hydrogen-bond acceptors (Lipinski definition) is 2. The minimum atomic E-state index is -3.43. The van der Waals surface area contributed by atoms with Gasteiger partial charge >= 0.3 is 0 Å². The number of nitrogens with one attached hydrogen (secondary N) is 1. The van der Waals surface area contributed by atoms with Crippen LogP contribution in [0.4, 0.5) is 0 Å². The molecule has 1 aromatic carbocycles. The van der Waals surface area contributed by atoms with Crippen LogP contribution in [0.1, 0.15) is 13.8 Å². The predicted octanol–water partition coefficient (Wildman–Crippen LogP) is 2.65. The van der Waals surface area contributed by atoms with Crippen LogP contribution in [0.3, 0.4) is 0 Å². The molecule has 1 rings (SSSR count). The SMILES string of the molecule is C/C=C(/C)NS(=O)(=O)c1ccc(Br)cc1. The Kier molecular flexibility index (Phi) is 3.93. The second-order valence-electron chi connectivity index (χ2n) is 3.03. The van der Waals surface area contributed by atoms with Gasteiger partial charge < -0.3 is 0 Å². The Balaban J connectivity index is 3.02. The lowest BCUT2D eigenvalue weighted by molar-refractivity contribution is 0.588. The van der Waals surface area contributed by atoms with Crippen LogP contribution in [-0.4, -0.2) is 8.42 Å². The van der Waals surface area contributed by atoms with Crippen molar-refractivity contribution in [1.29, 1.82) is 0 Å². The summed E-state index contributed by atoms with van der Waals surface area (Å²) in [4.78, 5) is 0.256. The van der Waals surface area contributed by atoms with Crippen LogP contribution < -0.4 is 4.72 Å². The molecule has 0 aliphatic heterocycles. The molecule has 1 aromatic rings. The predicted molar refractivity (Wildman–Crippen MR) is 63.9 cm³/mol. The topological polar surface area (TPSA) is 46.2 Å². The Morgan fingerprint density at radius 2 is 1.87 bits per heavy atom. The fourth-order valence-electron chi connectivity index (χ4n) is 0.944. The van der Waals surface area contributed by atoms with E-state index >= 15 is 0 Å². The lowest BCUT2D eigenvalue weighted by atomic mass is 10.4. The van der Waals surface area contributed by atoms with Crippen molar-refractivity contribution < 1.29 is 8.42 Å². The third-order valence-electron chi connectivity index (χ3n) is 1.85. The van der Waals surface area contributed by atoms with Crippen LogP contribution >= 0.6 is 15.9 Å². The first kappa shape index (κ1) is 12.3. The zero-order valence-corrected chi connectivity index (χ0v) is 10.9. The highest BCUT2D eigenvalue weighted by Gasteiger charge is 2.12. The third-order valence-corrected chi connectivity index (χ3v) is 3.86. The van der Waals surface area contributed by atoms with Crippen molar-refractivity contribution in [3.05, 3.63) is 40.5 Å². The van der Waals surface area contributed by atoms with Gasteiger partial charge in [0.05, 0.1) is 4.90 Å². The molecular weight excluding hydrogens is 278 g/mol. The summed E-state index contributed by atoms with van der Waals surface area (Å²) < 4.78 is 26.8. The van der Waals surface area contributed by atoms with E-state index in [1.807, 2.05) is 0 Å². The summed E-state index contributed by atoms with van der Waals surface area (Å²) in [6, 6.07) is 6.49. The van der Waals surface area contributed by atoms with E-state index in [1.165, 1.54) is 0 Å². The number of halogens is 1. The lowest BCUT2D eigenvalue weighted by Gasteiger charge is -2.07. The Morgan fingerprint density at radius 3 is 2.33 bits per heavy atom. The minimum absolute atomic E-state index is 0.256. The Labute approximate surface area is 98.4 Å². The highest BCUT2D eigenvalue weighted by atomic mass is 79.9. The molecule has 0 bridgehead atoms. The van der Waals surface area contributed by atoms with Gasteiger partial charge in [-0.1, -0.05) is 22.0 Å². The fraction of sp³-hybridized carbons (Fsp3) is 0.200. The Hall–Kier alpha value is -0.810. The Bertz CT molecular complexity index is 463. The van der Waals surface area contributed by atoms with E-state index in [4.69, 9.17) is 0 Å². The van der Waals surface area contributed by atoms with Crippen LogP contribution in [0.2, 0.25) is 0 Å². The zero-order valence-electron chi connectivity index (χ0n) is 8.49. The molecular formula is C10H12BrNO2S. The maximum atomic E-state index is 11.7. The largest absolute Gasteiger partial charge is 0.284 e. The first-order chi connectivity index (χ1) is 6.95. The molecule has 0 fully saturated rings. The van der Waals surface area contributed by atoms with Crippen LogP contribution in [0.15, 0.2) is 45.4 Å². The summed E-state index contributed by atoms with van der Waals surface area (Å²) in [5.41, 5.74) is 0.609. The highest BCUT2D eigenvalue weighted by molar-refractivity contribution is 9.10. The average molecular weight is 290 g/mol. The van der Waals surface area contributed by atoms with Gasteiger partial charge in [0.25, 0.3) is 10.0 Å². The molecule has 0 aliphatic carbocycles. The van der Waals surface area contributed by atoms with E-state index in [2.05, 4.69) is 20.7 Å². The van der Waals surface area contributed by atoms with E-state index in [0.29, 0.717) is 5.70 Å². The molecule has 0 spiro atoms. The molecule has 15 heavy (non-hydrogen) atoms. The molecule has 5 heteroatoms. The lowest BCUT2D eigenvalue weighted by Crippen LogP contribution is -2.21. The maximum absolute atomic E-state index is 11.7. The van der Waals surface area contributed by atoms with Crippen molar-refractivity contribution in [2.24, 2.45) is 0 Å². The summed E-state index contributed by atoms with van der Waals surface area (Å²) in [5, 5.41) is 0. The second-order valence-corrected chi connectivity index (χ2v) is 5.63. The molecule has 0 saturated carbocycles. The molecule has 82 valence electrons. The summed E-state index contributed by atoms with van der Waals surface area (Å²) in [6.07, 6.45) is 1.70. The monoisotopic (exact) mass is 289 g/mol. The van der Waals surface area contributed by atoms with Crippen molar-refractivity contribution in [1.82, 2.24) is 4.72 Å². The zero-order chi connectivity index (χ0) is 11.5. The molecule has 0 heterocycles. The quantitative estimate of drug-likeness (QED) is 0.930. The maximum Gasteiger partial charge on any atom is 0.261 e. The van der Waals surface area contributed by atoms with Crippen LogP contribution in [0, 0.1) is 0 Å². The van der Waals surface area contributed by atoms with Crippen LogP contribution in [-0.2, 0) is 10.0 Å². The van der Waals surface area contributed by atoms with Gasteiger partial charge in [0.2, 0.25) is 0 Å². The summed E-state index contributed by atoms with van der Waals surface area (Å²) >= 11 is 3.25. The number of benzene rings is 1. The normalized spacial score (nSPS) is 12.6. The van der Waals surface area contributed by atoms with E-state index < -0.39 is 10.0 Å². The number of rotatable bonds is 3. The number of allylic oxidation sites excluding steroid dienone is 2. The van der Waals surface area contributed by atoms with E-state index in [1.54, 1.807) is 44.2 Å². The van der Waals surface area contributed by atoms with Crippen molar-refractivity contribution in [2.75, 3.05) is 0 Å². The number of hydrogen-bond donors (Lipinski definition) is 1. The van der Waals surface area contributed by atoms with Gasteiger partial charge in [-0.15, -0.1) is 0 Å². The Morgan fingerprint density at radius 1 is 1.33 bits per heavy atom. The molecule has 0 aromatic heterocycles. The molecule has 0 radical (unpaired) electrons. The van der Waals surface area contributed by atoms with E-state index in [0.717, 1.165) is 4.47 Å². The average Bonchev–Trinajstić information content (AvgIpc) is 2.17. The van der Waals surface area contributed by atoms with Crippen molar-refractivity contribution >= 4 is 26.0 Å². The molecule has 3 nitrogen and oxygen atoms in total. The standard InChI is InChI=1S/C10H12BrNO2S/c1-3-8(2)12-15(13,14)10-6-4-9(11)5-7-10/h3-7,12H,1-2H3/b8-3-. The van der Waals surface area contributed by atoms with Gasteiger partial charge in [-0.3, -0.25) is 4.72 Å². The van der Waals surface area contributed by atoms with Gasteiger partial charge in [-0.05, 0) is 38.1 Å². The number of sulfonamides is 1. The first-order valence-corrected chi connectivity index (χ1v) is 6.64. The molecule has 0 atom stereocenters. The van der Waals surface area contributed by atoms with Crippen molar-refractivity contribution in [2.45, 2.75) is 18.7 Å². The third kappa shape index (κ3) is 3.35. The van der Waals surface area contributed by atoms with Crippen molar-refractivity contribution in [3.63, 3.8) is 0 Å². The molecule has 0 amide bonds. The molecule has 0 aliphatic rings.